The van der Waals surface area contributed by atoms with E-state index in [0.717, 1.165) is 28.6 Å². The van der Waals surface area contributed by atoms with E-state index in [-0.39, 0.29) is 56.8 Å². The molecule has 202 valence electrons. The van der Waals surface area contributed by atoms with Crippen molar-refractivity contribution in [3.63, 3.8) is 0 Å². The van der Waals surface area contributed by atoms with Crippen LogP contribution in [0.3, 0.4) is 0 Å². The summed E-state index contributed by atoms with van der Waals surface area (Å²) in [6, 6.07) is 5.52. The van der Waals surface area contributed by atoms with Crippen molar-refractivity contribution in [2.45, 2.75) is 55.3 Å². The van der Waals surface area contributed by atoms with Gasteiger partial charge in [0.25, 0.3) is 5.91 Å². The molecule has 1 unspecified atom stereocenters. The summed E-state index contributed by atoms with van der Waals surface area (Å²) in [6.45, 7) is -0.141. The predicted octanol–water partition coefficient (Wildman–Crippen LogP) is 3.17. The molecule has 2 fully saturated rings. The van der Waals surface area contributed by atoms with Gasteiger partial charge in [0.2, 0.25) is 21.8 Å². The van der Waals surface area contributed by atoms with Crippen LogP contribution in [0.5, 0.6) is 0 Å². The van der Waals surface area contributed by atoms with E-state index in [0.29, 0.717) is 11.1 Å². The quantitative estimate of drug-likeness (QED) is 0.463. The lowest BCUT2D eigenvalue weighted by molar-refractivity contribution is -0.140. The number of piperidine rings is 2. The Morgan fingerprint density at radius 2 is 1.66 bits per heavy atom. The predicted molar refractivity (Wildman–Crippen MR) is 125 cm³/mol. The van der Waals surface area contributed by atoms with Gasteiger partial charge in [0.1, 0.15) is 11.9 Å². The number of nitrogens with one attached hydrogen (secondary N) is 1. The summed E-state index contributed by atoms with van der Waals surface area (Å²) >= 11 is 0. The first-order chi connectivity index (χ1) is 17.9. The first-order valence-electron chi connectivity index (χ1n) is 12.0. The van der Waals surface area contributed by atoms with Crippen molar-refractivity contribution >= 4 is 27.7 Å². The van der Waals surface area contributed by atoms with Crippen LogP contribution >= 0.6 is 0 Å². The lowest BCUT2D eigenvalue weighted by atomic mass is 9.86. The van der Waals surface area contributed by atoms with E-state index in [1.807, 2.05) is 0 Å². The first-order valence-corrected chi connectivity index (χ1v) is 13.5. The number of benzene rings is 2. The van der Waals surface area contributed by atoms with E-state index >= 15 is 0 Å². The van der Waals surface area contributed by atoms with Gasteiger partial charge in [-0.2, -0.15) is 17.5 Å². The fourth-order valence-corrected chi connectivity index (χ4v) is 7.17. The number of imide groups is 1. The Balaban J connectivity index is 1.37. The molecule has 13 heteroatoms. The molecule has 5 rings (SSSR count). The zero-order valence-electron chi connectivity index (χ0n) is 19.9. The van der Waals surface area contributed by atoms with Crippen LogP contribution in [0.1, 0.15) is 58.6 Å². The summed E-state index contributed by atoms with van der Waals surface area (Å²) in [6.07, 6.45) is -4.21. The molecule has 2 aromatic carbocycles. The summed E-state index contributed by atoms with van der Waals surface area (Å²) in [5.74, 6) is -2.56. The van der Waals surface area contributed by atoms with E-state index in [4.69, 9.17) is 0 Å². The van der Waals surface area contributed by atoms with Gasteiger partial charge in [-0.25, -0.2) is 12.8 Å². The molecule has 0 saturated carbocycles. The summed E-state index contributed by atoms with van der Waals surface area (Å²) in [4.78, 5) is 37.4. The van der Waals surface area contributed by atoms with Crippen LogP contribution in [-0.4, -0.2) is 54.5 Å². The van der Waals surface area contributed by atoms with Gasteiger partial charge >= 0.3 is 6.18 Å². The molecule has 1 N–H and O–H groups in total. The number of nitrogens with zero attached hydrogens (tertiary/aromatic N) is 2. The number of amides is 3. The third kappa shape index (κ3) is 4.57. The highest BCUT2D eigenvalue weighted by Gasteiger charge is 2.43. The molecule has 3 heterocycles. The van der Waals surface area contributed by atoms with E-state index < -0.39 is 56.2 Å². The van der Waals surface area contributed by atoms with E-state index in [2.05, 4.69) is 5.32 Å². The molecule has 3 aliphatic rings. The third-order valence-corrected chi connectivity index (χ3v) is 9.32. The summed E-state index contributed by atoms with van der Waals surface area (Å²) in [5.41, 5.74) is -0.0864. The topological polar surface area (TPSA) is 104 Å². The fourth-order valence-electron chi connectivity index (χ4n) is 5.49. The van der Waals surface area contributed by atoms with Crippen molar-refractivity contribution in [3.8, 4) is 0 Å². The van der Waals surface area contributed by atoms with Gasteiger partial charge in [0, 0.05) is 31.6 Å². The largest absolute Gasteiger partial charge is 0.417 e. The van der Waals surface area contributed by atoms with Gasteiger partial charge in [-0.1, -0.05) is 12.1 Å². The van der Waals surface area contributed by atoms with Crippen LogP contribution < -0.4 is 5.32 Å². The number of hydrogen-bond acceptors (Lipinski definition) is 5. The number of hydrogen-bond donors (Lipinski definition) is 1. The Morgan fingerprint density at radius 1 is 0.974 bits per heavy atom. The zero-order valence-corrected chi connectivity index (χ0v) is 20.7. The highest BCUT2D eigenvalue weighted by Crippen LogP contribution is 2.40. The Hall–Kier alpha value is -3.32. The average molecular weight is 554 g/mol. The second-order valence-corrected chi connectivity index (χ2v) is 11.5. The van der Waals surface area contributed by atoms with Crippen molar-refractivity contribution in [1.82, 2.24) is 14.5 Å². The summed E-state index contributed by atoms with van der Waals surface area (Å²) in [7, 11) is -4.44. The minimum absolute atomic E-state index is 0.0352. The van der Waals surface area contributed by atoms with Crippen LogP contribution in [0.25, 0.3) is 0 Å². The van der Waals surface area contributed by atoms with E-state index in [1.54, 1.807) is 0 Å². The van der Waals surface area contributed by atoms with Crippen LogP contribution in [0.15, 0.2) is 41.3 Å². The molecule has 0 radical (unpaired) electrons. The van der Waals surface area contributed by atoms with E-state index in [1.165, 1.54) is 17.0 Å². The van der Waals surface area contributed by atoms with Gasteiger partial charge in [-0.15, -0.1) is 0 Å². The molecular weight excluding hydrogens is 530 g/mol. The van der Waals surface area contributed by atoms with Gasteiger partial charge in [0.15, 0.2) is 0 Å². The third-order valence-electron chi connectivity index (χ3n) is 7.36. The zero-order chi connectivity index (χ0) is 27.4. The molecule has 0 bridgehead atoms. The van der Waals surface area contributed by atoms with Crippen molar-refractivity contribution in [3.05, 3.63) is 64.5 Å². The molecule has 0 spiro atoms. The normalized spacial score (nSPS) is 21.5. The maximum Gasteiger partial charge on any atom is 0.417 e. The molecule has 2 saturated heterocycles. The average Bonchev–Trinajstić information content (AvgIpc) is 3.19. The van der Waals surface area contributed by atoms with Crippen LogP contribution in [-0.2, 0) is 32.3 Å². The maximum atomic E-state index is 14.6. The molecular formula is C25H23F4N3O5S. The summed E-state index contributed by atoms with van der Waals surface area (Å²) in [5, 5.41) is 2.21. The van der Waals surface area contributed by atoms with Gasteiger partial charge in [-0.05, 0) is 60.6 Å². The second kappa shape index (κ2) is 9.45. The second-order valence-electron chi connectivity index (χ2n) is 9.59. The first kappa shape index (κ1) is 26.3. The van der Waals surface area contributed by atoms with Crippen molar-refractivity contribution in [2.75, 3.05) is 13.1 Å². The number of rotatable bonds is 4. The summed E-state index contributed by atoms with van der Waals surface area (Å²) < 4.78 is 82.1. The standard InChI is InChI=1S/C25H23F4N3O5S/c26-15-11-16(18-13-32(24(35)17(18)12-15)20-5-6-22(33)30-23(20)34)14-7-9-31(10-8-14)38(36,37)21-4-2-1-3-19(21)25(27,28)29/h1-4,11-12,14,20H,5-10,13H2,(H,30,33,34). The number of carbonyl (C=O) groups is 3. The van der Waals surface area contributed by atoms with Gasteiger partial charge < -0.3 is 4.90 Å². The molecule has 8 nitrogen and oxygen atoms in total. The molecule has 38 heavy (non-hydrogen) atoms. The smallest absolute Gasteiger partial charge is 0.322 e. The number of halogens is 4. The van der Waals surface area contributed by atoms with Gasteiger partial charge in [0.05, 0.1) is 10.5 Å². The van der Waals surface area contributed by atoms with Crippen molar-refractivity contribution in [2.24, 2.45) is 0 Å². The molecule has 0 aromatic heterocycles. The molecule has 3 amide bonds. The monoisotopic (exact) mass is 553 g/mol. The Kier molecular flexibility index (Phi) is 6.54. The fraction of sp³-hybridized carbons (Fsp3) is 0.400. The van der Waals surface area contributed by atoms with Crippen molar-refractivity contribution in [1.29, 1.82) is 0 Å². The molecule has 0 aliphatic carbocycles. The number of carbonyl (C=O) groups excluding carboxylic acids is 3. The molecule has 1 atom stereocenters. The van der Waals surface area contributed by atoms with Crippen molar-refractivity contribution < 1.29 is 40.4 Å². The van der Waals surface area contributed by atoms with Crippen LogP contribution in [0, 0.1) is 5.82 Å². The number of fused-ring (bicyclic) bond motifs is 1. The van der Waals surface area contributed by atoms with Crippen LogP contribution in [0.2, 0.25) is 0 Å². The number of sulfonamides is 1. The van der Waals surface area contributed by atoms with Crippen LogP contribution in [0.4, 0.5) is 17.6 Å². The molecule has 3 aliphatic heterocycles. The number of alkyl halides is 3. The lowest BCUT2D eigenvalue weighted by Crippen LogP contribution is -2.52. The van der Waals surface area contributed by atoms with Gasteiger partial charge in [-0.3, -0.25) is 19.7 Å². The Bertz CT molecular complexity index is 1430. The minimum Gasteiger partial charge on any atom is -0.322 e. The minimum atomic E-state index is -4.84. The highest BCUT2D eigenvalue weighted by atomic mass is 32.2. The highest BCUT2D eigenvalue weighted by molar-refractivity contribution is 7.89. The Labute approximate surface area is 215 Å². The SMILES string of the molecule is O=C1CCC(N2Cc3c(cc(F)cc3C3CCN(S(=O)(=O)c4ccccc4C(F)(F)F)CC3)C2=O)C(=O)N1. The molecule has 2 aromatic rings. The lowest BCUT2D eigenvalue weighted by Gasteiger charge is -2.33. The maximum absolute atomic E-state index is 14.6. The Morgan fingerprint density at radius 3 is 2.32 bits per heavy atom. The van der Waals surface area contributed by atoms with E-state index in [9.17, 15) is 40.4 Å².